The monoisotopic (exact) mass is 371 g/mol. The Balaban J connectivity index is 1.64. The van der Waals surface area contributed by atoms with Crippen LogP contribution in [0.1, 0.15) is 24.0 Å². The molecule has 2 heterocycles. The Bertz CT molecular complexity index is 832. The summed E-state index contributed by atoms with van der Waals surface area (Å²) in [7, 11) is 0. The van der Waals surface area contributed by atoms with Crippen LogP contribution in [0, 0.1) is 28.4 Å². The largest absolute Gasteiger partial charge is 0.381 e. The van der Waals surface area contributed by atoms with Crippen LogP contribution in [0.15, 0.2) is 30.5 Å². The smallest absolute Gasteiger partial charge is 0.271 e. The number of benzene rings is 1. The van der Waals surface area contributed by atoms with Gasteiger partial charge in [0.25, 0.3) is 5.69 Å². The Morgan fingerprint density at radius 3 is 2.65 bits per heavy atom. The molecule has 0 aliphatic carbocycles. The summed E-state index contributed by atoms with van der Waals surface area (Å²) < 4.78 is 0. The number of non-ortho nitro benzene ring substituents is 1. The van der Waals surface area contributed by atoms with Gasteiger partial charge in [0.15, 0.2) is 0 Å². The molecule has 0 spiro atoms. The number of pyridine rings is 1. The Kier molecular flexibility index (Phi) is 5.24. The maximum absolute atomic E-state index is 10.9. The van der Waals surface area contributed by atoms with Gasteiger partial charge in [0.2, 0.25) is 0 Å². The highest BCUT2D eigenvalue weighted by molar-refractivity contribution is 6.33. The van der Waals surface area contributed by atoms with E-state index in [1.165, 1.54) is 12.1 Å². The van der Waals surface area contributed by atoms with Gasteiger partial charge in [-0.15, -0.1) is 0 Å². The summed E-state index contributed by atoms with van der Waals surface area (Å²) in [4.78, 5) is 17.0. The molecule has 7 nitrogen and oxygen atoms in total. The highest BCUT2D eigenvalue weighted by Crippen LogP contribution is 2.32. The van der Waals surface area contributed by atoms with Gasteiger partial charge in [0.05, 0.1) is 21.2 Å². The fourth-order valence-electron chi connectivity index (χ4n) is 3.11. The first-order valence-corrected chi connectivity index (χ1v) is 8.68. The molecule has 8 heteroatoms. The minimum Gasteiger partial charge on any atom is -0.381 e. The van der Waals surface area contributed by atoms with Crippen molar-refractivity contribution in [2.24, 2.45) is 0 Å². The first kappa shape index (κ1) is 18.0. The van der Waals surface area contributed by atoms with Crippen molar-refractivity contribution in [2.45, 2.75) is 25.8 Å². The number of aromatic nitrogens is 1. The van der Waals surface area contributed by atoms with E-state index in [1.54, 1.807) is 12.3 Å². The zero-order valence-corrected chi connectivity index (χ0v) is 15.0. The third kappa shape index (κ3) is 3.86. The molecule has 134 valence electrons. The molecule has 0 radical (unpaired) electrons. The quantitative estimate of drug-likeness (QED) is 0.646. The van der Waals surface area contributed by atoms with E-state index in [1.807, 2.05) is 13.0 Å². The van der Waals surface area contributed by atoms with Crippen LogP contribution in [0.25, 0.3) is 0 Å². The number of nitrogens with one attached hydrogen (secondary N) is 1. The van der Waals surface area contributed by atoms with Gasteiger partial charge in [-0.25, -0.2) is 4.98 Å². The van der Waals surface area contributed by atoms with Crippen molar-refractivity contribution in [1.82, 2.24) is 4.98 Å². The Labute approximate surface area is 156 Å². The van der Waals surface area contributed by atoms with E-state index in [-0.39, 0.29) is 11.7 Å². The average molecular weight is 372 g/mol. The fraction of sp³-hybridized carbons (Fsp3) is 0.333. The van der Waals surface area contributed by atoms with E-state index < -0.39 is 4.92 Å². The van der Waals surface area contributed by atoms with Crippen LogP contribution in [0.2, 0.25) is 5.02 Å². The van der Waals surface area contributed by atoms with Crippen LogP contribution in [0.5, 0.6) is 0 Å². The van der Waals surface area contributed by atoms with Crippen LogP contribution in [-0.2, 0) is 0 Å². The van der Waals surface area contributed by atoms with Gasteiger partial charge in [0.1, 0.15) is 11.9 Å². The van der Waals surface area contributed by atoms with E-state index in [9.17, 15) is 10.1 Å². The van der Waals surface area contributed by atoms with Crippen LogP contribution in [0.3, 0.4) is 0 Å². The molecule has 0 atom stereocenters. The highest BCUT2D eigenvalue weighted by Gasteiger charge is 2.22. The predicted molar refractivity (Wildman–Crippen MR) is 101 cm³/mol. The first-order chi connectivity index (χ1) is 12.5. The molecule has 1 fully saturated rings. The molecule has 0 bridgehead atoms. The van der Waals surface area contributed by atoms with Gasteiger partial charge in [-0.3, -0.25) is 10.1 Å². The van der Waals surface area contributed by atoms with Crippen molar-refractivity contribution in [3.8, 4) is 6.07 Å². The zero-order valence-electron chi connectivity index (χ0n) is 14.3. The molecular weight excluding hydrogens is 354 g/mol. The van der Waals surface area contributed by atoms with Gasteiger partial charge >= 0.3 is 0 Å². The normalized spacial score (nSPS) is 14.7. The van der Waals surface area contributed by atoms with E-state index in [2.05, 4.69) is 21.3 Å². The molecule has 0 amide bonds. The number of hydrogen-bond acceptors (Lipinski definition) is 6. The lowest BCUT2D eigenvalue weighted by molar-refractivity contribution is -0.384. The number of halogens is 1. The number of anilines is 2. The SMILES string of the molecule is Cc1cc([N+](=O)[O-])cc(Cl)c1NC1CCN(c2ccc(C#N)cn2)CC1. The van der Waals surface area contributed by atoms with Gasteiger partial charge in [-0.1, -0.05) is 11.6 Å². The highest BCUT2D eigenvalue weighted by atomic mass is 35.5. The molecule has 1 N–H and O–H groups in total. The topological polar surface area (TPSA) is 95.1 Å². The second-order valence-electron chi connectivity index (χ2n) is 6.30. The summed E-state index contributed by atoms with van der Waals surface area (Å²) in [6, 6.07) is 8.85. The van der Waals surface area contributed by atoms with E-state index in [4.69, 9.17) is 16.9 Å². The number of hydrogen-bond donors (Lipinski definition) is 1. The van der Waals surface area contributed by atoms with E-state index >= 15 is 0 Å². The van der Waals surface area contributed by atoms with Crippen molar-refractivity contribution in [3.05, 3.63) is 56.7 Å². The summed E-state index contributed by atoms with van der Waals surface area (Å²) in [5.74, 6) is 0.868. The van der Waals surface area contributed by atoms with Gasteiger partial charge in [-0.2, -0.15) is 5.26 Å². The first-order valence-electron chi connectivity index (χ1n) is 8.30. The molecule has 2 aromatic rings. The summed E-state index contributed by atoms with van der Waals surface area (Å²) >= 11 is 6.24. The Morgan fingerprint density at radius 1 is 1.38 bits per heavy atom. The second-order valence-corrected chi connectivity index (χ2v) is 6.71. The Hall–Kier alpha value is -2.85. The fourth-order valence-corrected chi connectivity index (χ4v) is 3.43. The number of nitro groups is 1. The molecular formula is C18H18ClN5O2. The minimum absolute atomic E-state index is 0.000223. The molecule has 3 rings (SSSR count). The lowest BCUT2D eigenvalue weighted by Gasteiger charge is -2.34. The zero-order chi connectivity index (χ0) is 18.7. The van der Waals surface area contributed by atoms with Crippen LogP contribution < -0.4 is 10.2 Å². The number of rotatable bonds is 4. The molecule has 1 aliphatic rings. The van der Waals surface area contributed by atoms with Crippen molar-refractivity contribution >= 4 is 28.8 Å². The lowest BCUT2D eigenvalue weighted by atomic mass is 10.0. The predicted octanol–water partition coefficient (Wildman–Crippen LogP) is 3.90. The number of nitro benzene ring substituents is 1. The Morgan fingerprint density at radius 2 is 2.12 bits per heavy atom. The molecule has 26 heavy (non-hydrogen) atoms. The molecule has 1 aromatic heterocycles. The number of nitrogens with zero attached hydrogens (tertiary/aromatic N) is 4. The van der Waals surface area contributed by atoms with Gasteiger partial charge in [-0.05, 0) is 37.5 Å². The summed E-state index contributed by atoms with van der Waals surface area (Å²) in [5, 5.41) is 23.6. The van der Waals surface area contributed by atoms with Crippen LogP contribution in [-0.4, -0.2) is 29.0 Å². The van der Waals surface area contributed by atoms with Gasteiger partial charge in [0, 0.05) is 37.5 Å². The third-order valence-electron chi connectivity index (χ3n) is 4.53. The molecule has 1 aliphatic heterocycles. The van der Waals surface area contributed by atoms with Crippen molar-refractivity contribution in [3.63, 3.8) is 0 Å². The molecule has 1 saturated heterocycles. The van der Waals surface area contributed by atoms with Crippen LogP contribution >= 0.6 is 11.6 Å². The molecule has 0 saturated carbocycles. The summed E-state index contributed by atoms with van der Waals surface area (Å²) in [6.07, 6.45) is 3.38. The molecule has 1 aromatic carbocycles. The average Bonchev–Trinajstić information content (AvgIpc) is 2.65. The minimum atomic E-state index is -0.439. The van der Waals surface area contributed by atoms with Gasteiger partial charge < -0.3 is 10.2 Å². The summed E-state index contributed by atoms with van der Waals surface area (Å²) in [6.45, 7) is 3.48. The number of aryl methyl sites for hydroxylation is 1. The van der Waals surface area contributed by atoms with Crippen LogP contribution in [0.4, 0.5) is 17.2 Å². The molecule has 0 unspecified atom stereocenters. The van der Waals surface area contributed by atoms with E-state index in [0.29, 0.717) is 10.6 Å². The second kappa shape index (κ2) is 7.58. The maximum Gasteiger partial charge on any atom is 0.271 e. The lowest BCUT2D eigenvalue weighted by Crippen LogP contribution is -2.39. The summed E-state index contributed by atoms with van der Waals surface area (Å²) in [5.41, 5.74) is 2.07. The van der Waals surface area contributed by atoms with E-state index in [0.717, 1.165) is 43.0 Å². The maximum atomic E-state index is 10.9. The van der Waals surface area contributed by atoms with Crippen molar-refractivity contribution < 1.29 is 4.92 Å². The van der Waals surface area contributed by atoms with Crippen molar-refractivity contribution in [1.29, 1.82) is 5.26 Å². The van der Waals surface area contributed by atoms with Crippen molar-refractivity contribution in [2.75, 3.05) is 23.3 Å². The number of piperidine rings is 1. The third-order valence-corrected chi connectivity index (χ3v) is 4.83. The standard InChI is InChI=1S/C18H18ClN5O2/c1-12-8-15(24(25)26)9-16(19)18(12)22-14-4-6-23(7-5-14)17-3-2-13(10-20)11-21-17/h2-3,8-9,11,14,22H,4-7H2,1H3. The number of nitriles is 1.